The van der Waals surface area contributed by atoms with Gasteiger partial charge in [0.1, 0.15) is 5.54 Å². The Kier molecular flexibility index (Phi) is 5.07. The molecule has 0 radical (unpaired) electrons. The highest BCUT2D eigenvalue weighted by atomic mass is 16.8. The summed E-state index contributed by atoms with van der Waals surface area (Å²) in [6.07, 6.45) is -1.16. The lowest BCUT2D eigenvalue weighted by Crippen LogP contribution is -2.43. The molecule has 0 amide bonds. The third-order valence-electron chi connectivity index (χ3n) is 1.22. The molecule has 88 valence electrons. The second kappa shape index (κ2) is 5.55. The number of hydrogen-bond donors (Lipinski definition) is 1. The molecule has 0 aromatic heterocycles. The average molecular weight is 219 g/mol. The second-order valence-corrected chi connectivity index (χ2v) is 3.83. The van der Waals surface area contributed by atoms with Crippen molar-refractivity contribution in [2.45, 2.75) is 39.3 Å². The SMILES string of the molecule is CC(C)OC(=O)OCOC(=O)C(C)(C)N. The van der Waals surface area contributed by atoms with Crippen molar-refractivity contribution in [3.05, 3.63) is 0 Å². The molecule has 0 bridgehead atoms. The topological polar surface area (TPSA) is 87.9 Å². The maximum atomic E-state index is 11.1. The van der Waals surface area contributed by atoms with Crippen molar-refractivity contribution in [1.82, 2.24) is 0 Å². The minimum Gasteiger partial charge on any atom is -0.431 e. The van der Waals surface area contributed by atoms with E-state index < -0.39 is 24.5 Å². The van der Waals surface area contributed by atoms with Gasteiger partial charge in [-0.1, -0.05) is 0 Å². The normalized spacial score (nSPS) is 11.1. The zero-order valence-corrected chi connectivity index (χ0v) is 9.40. The fraction of sp³-hybridized carbons (Fsp3) is 0.778. The zero-order valence-electron chi connectivity index (χ0n) is 9.40. The Morgan fingerprint density at radius 1 is 1.27 bits per heavy atom. The Hall–Kier alpha value is -1.30. The Morgan fingerprint density at radius 2 is 1.80 bits per heavy atom. The molecule has 0 aliphatic rings. The fourth-order valence-electron chi connectivity index (χ4n) is 0.544. The predicted molar refractivity (Wildman–Crippen MR) is 51.9 cm³/mol. The molecule has 6 nitrogen and oxygen atoms in total. The van der Waals surface area contributed by atoms with Gasteiger partial charge in [0, 0.05) is 0 Å². The van der Waals surface area contributed by atoms with E-state index in [-0.39, 0.29) is 6.10 Å². The smallest absolute Gasteiger partial charge is 0.431 e. The van der Waals surface area contributed by atoms with Gasteiger partial charge in [-0.2, -0.15) is 0 Å². The highest BCUT2D eigenvalue weighted by Gasteiger charge is 2.24. The maximum absolute atomic E-state index is 11.1. The van der Waals surface area contributed by atoms with Crippen LogP contribution in [-0.4, -0.2) is 30.6 Å². The highest BCUT2D eigenvalue weighted by Crippen LogP contribution is 2.00. The molecular formula is C9H17NO5. The summed E-state index contributed by atoms with van der Waals surface area (Å²) >= 11 is 0. The molecule has 0 aromatic carbocycles. The van der Waals surface area contributed by atoms with Gasteiger partial charge in [0.2, 0.25) is 6.79 Å². The van der Waals surface area contributed by atoms with Crippen molar-refractivity contribution in [1.29, 1.82) is 0 Å². The lowest BCUT2D eigenvalue weighted by molar-refractivity contribution is -0.158. The quantitative estimate of drug-likeness (QED) is 0.555. The van der Waals surface area contributed by atoms with Gasteiger partial charge < -0.3 is 19.9 Å². The minimum absolute atomic E-state index is 0.279. The van der Waals surface area contributed by atoms with Crippen LogP contribution in [0.25, 0.3) is 0 Å². The molecule has 15 heavy (non-hydrogen) atoms. The van der Waals surface area contributed by atoms with Crippen molar-refractivity contribution in [3.63, 3.8) is 0 Å². The summed E-state index contributed by atoms with van der Waals surface area (Å²) < 4.78 is 13.7. The Labute approximate surface area is 88.7 Å². The predicted octanol–water partition coefficient (Wildman–Crippen LogP) is 0.786. The number of nitrogens with two attached hydrogens (primary N) is 1. The first-order chi connectivity index (χ1) is 6.73. The van der Waals surface area contributed by atoms with Crippen LogP contribution < -0.4 is 5.73 Å². The minimum atomic E-state index is -1.11. The third kappa shape index (κ3) is 6.73. The number of carbonyl (C=O) groups excluding carboxylic acids is 2. The van der Waals surface area contributed by atoms with Gasteiger partial charge in [0.05, 0.1) is 6.10 Å². The largest absolute Gasteiger partial charge is 0.511 e. The van der Waals surface area contributed by atoms with E-state index in [0.29, 0.717) is 0 Å². The summed E-state index contributed by atoms with van der Waals surface area (Å²) in [5.74, 6) is -0.653. The van der Waals surface area contributed by atoms with Gasteiger partial charge in [-0.3, -0.25) is 0 Å². The van der Waals surface area contributed by atoms with Gasteiger partial charge >= 0.3 is 12.1 Å². The van der Waals surface area contributed by atoms with Crippen LogP contribution in [0.15, 0.2) is 0 Å². The highest BCUT2D eigenvalue weighted by molar-refractivity contribution is 5.79. The molecule has 0 saturated heterocycles. The van der Waals surface area contributed by atoms with Crippen LogP contribution in [0.4, 0.5) is 4.79 Å². The van der Waals surface area contributed by atoms with Crippen LogP contribution in [0.2, 0.25) is 0 Å². The molecule has 0 rings (SSSR count). The Bertz CT molecular complexity index is 231. The fourth-order valence-corrected chi connectivity index (χ4v) is 0.544. The number of carbonyl (C=O) groups is 2. The van der Waals surface area contributed by atoms with Gasteiger partial charge in [-0.05, 0) is 27.7 Å². The van der Waals surface area contributed by atoms with E-state index in [1.165, 1.54) is 13.8 Å². The van der Waals surface area contributed by atoms with Gasteiger partial charge in [-0.25, -0.2) is 9.59 Å². The third-order valence-corrected chi connectivity index (χ3v) is 1.22. The first-order valence-electron chi connectivity index (χ1n) is 4.53. The summed E-state index contributed by atoms with van der Waals surface area (Å²) in [4.78, 5) is 21.9. The summed E-state index contributed by atoms with van der Waals surface area (Å²) in [6, 6.07) is 0. The number of hydrogen-bond acceptors (Lipinski definition) is 6. The van der Waals surface area contributed by atoms with Gasteiger partial charge in [-0.15, -0.1) is 0 Å². The van der Waals surface area contributed by atoms with Crippen LogP contribution in [0.1, 0.15) is 27.7 Å². The first kappa shape index (κ1) is 13.7. The van der Waals surface area contributed by atoms with E-state index in [0.717, 1.165) is 0 Å². The van der Waals surface area contributed by atoms with Crippen molar-refractivity contribution in [2.24, 2.45) is 5.73 Å². The maximum Gasteiger partial charge on any atom is 0.511 e. The summed E-state index contributed by atoms with van der Waals surface area (Å²) in [5.41, 5.74) is 4.32. The van der Waals surface area contributed by atoms with Crippen LogP contribution in [0.3, 0.4) is 0 Å². The summed E-state index contributed by atoms with van der Waals surface area (Å²) in [5, 5.41) is 0. The van der Waals surface area contributed by atoms with E-state index in [1.807, 2.05) is 0 Å². The molecule has 6 heteroatoms. The molecule has 2 N–H and O–H groups in total. The van der Waals surface area contributed by atoms with Crippen LogP contribution in [0.5, 0.6) is 0 Å². The molecule has 0 unspecified atom stereocenters. The molecule has 0 atom stereocenters. The second-order valence-electron chi connectivity index (χ2n) is 3.83. The number of esters is 1. The van der Waals surface area contributed by atoms with Gasteiger partial charge in [0.25, 0.3) is 0 Å². The standard InChI is InChI=1S/C9H17NO5/c1-6(2)15-8(12)14-5-13-7(11)9(3,4)10/h6H,5,10H2,1-4H3. The molecule has 0 fully saturated rings. The lowest BCUT2D eigenvalue weighted by Gasteiger charge is -2.16. The van der Waals surface area contributed by atoms with E-state index in [1.54, 1.807) is 13.8 Å². The Balaban J connectivity index is 3.72. The lowest BCUT2D eigenvalue weighted by atomic mass is 10.1. The Morgan fingerprint density at radius 3 is 2.20 bits per heavy atom. The molecule has 0 aliphatic heterocycles. The van der Waals surface area contributed by atoms with Crippen molar-refractivity contribution in [2.75, 3.05) is 6.79 Å². The molecule has 0 aliphatic carbocycles. The summed E-state index contributed by atoms with van der Waals surface area (Å²) in [6.45, 7) is 5.83. The van der Waals surface area contributed by atoms with Gasteiger partial charge in [0.15, 0.2) is 0 Å². The zero-order chi connectivity index (χ0) is 12.1. The van der Waals surface area contributed by atoms with Crippen LogP contribution >= 0.6 is 0 Å². The molecule has 0 aromatic rings. The number of ether oxygens (including phenoxy) is 3. The first-order valence-corrected chi connectivity index (χ1v) is 4.53. The van der Waals surface area contributed by atoms with E-state index in [9.17, 15) is 9.59 Å². The average Bonchev–Trinajstić information content (AvgIpc) is 2.00. The molecule has 0 heterocycles. The van der Waals surface area contributed by atoms with Crippen molar-refractivity contribution < 1.29 is 23.8 Å². The van der Waals surface area contributed by atoms with Crippen LogP contribution in [0, 0.1) is 0 Å². The van der Waals surface area contributed by atoms with Crippen molar-refractivity contribution in [3.8, 4) is 0 Å². The molecule has 0 spiro atoms. The van der Waals surface area contributed by atoms with E-state index >= 15 is 0 Å². The number of rotatable bonds is 4. The molecule has 0 saturated carbocycles. The van der Waals surface area contributed by atoms with E-state index in [4.69, 9.17) is 5.73 Å². The van der Waals surface area contributed by atoms with Crippen molar-refractivity contribution >= 4 is 12.1 Å². The molecular weight excluding hydrogens is 202 g/mol. The summed E-state index contributed by atoms with van der Waals surface area (Å²) in [7, 11) is 0. The van der Waals surface area contributed by atoms with E-state index in [2.05, 4.69) is 14.2 Å². The monoisotopic (exact) mass is 219 g/mol. The van der Waals surface area contributed by atoms with Crippen LogP contribution in [-0.2, 0) is 19.0 Å².